The maximum Gasteiger partial charge on any atom is 0.269 e. The zero-order valence-electron chi connectivity index (χ0n) is 14.0. The van der Waals surface area contributed by atoms with Crippen LogP contribution in [0.15, 0.2) is 47.4 Å². The van der Waals surface area contributed by atoms with Crippen molar-refractivity contribution in [1.82, 2.24) is 0 Å². The molecule has 2 aromatic rings. The number of rotatable bonds is 6. The summed E-state index contributed by atoms with van der Waals surface area (Å²) in [5, 5.41) is 14.2. The summed E-state index contributed by atoms with van der Waals surface area (Å²) in [6.45, 7) is 1.95. The Morgan fingerprint density at radius 2 is 1.88 bits per heavy atom. The van der Waals surface area contributed by atoms with Crippen molar-refractivity contribution < 1.29 is 9.72 Å². The number of thioether (sulfide) groups is 1. The molecule has 1 heterocycles. The van der Waals surface area contributed by atoms with Crippen LogP contribution in [0.1, 0.15) is 12.8 Å². The van der Waals surface area contributed by atoms with E-state index in [4.69, 9.17) is 11.6 Å². The third kappa shape index (κ3) is 4.68. The fourth-order valence-electron chi connectivity index (χ4n) is 2.84. The lowest BCUT2D eigenvalue weighted by molar-refractivity contribution is -0.384. The fraction of sp³-hybridized carbons (Fsp3) is 0.278. The highest BCUT2D eigenvalue weighted by atomic mass is 35.5. The average Bonchev–Trinajstić information content (AvgIpc) is 3.15. The van der Waals surface area contributed by atoms with Crippen LogP contribution in [-0.4, -0.2) is 29.7 Å². The Hall–Kier alpha value is -2.25. The van der Waals surface area contributed by atoms with Crippen molar-refractivity contribution in [2.45, 2.75) is 17.7 Å². The Labute approximate surface area is 160 Å². The van der Waals surface area contributed by atoms with Gasteiger partial charge >= 0.3 is 0 Å². The summed E-state index contributed by atoms with van der Waals surface area (Å²) in [6, 6.07) is 11.7. The molecule has 0 radical (unpaired) electrons. The van der Waals surface area contributed by atoms with Gasteiger partial charge in [0.25, 0.3) is 5.69 Å². The number of hydrogen-bond acceptors (Lipinski definition) is 5. The minimum absolute atomic E-state index is 0.0352. The number of carbonyl (C=O) groups is 1. The van der Waals surface area contributed by atoms with Crippen molar-refractivity contribution in [3.63, 3.8) is 0 Å². The molecule has 0 aliphatic carbocycles. The summed E-state index contributed by atoms with van der Waals surface area (Å²) >= 11 is 7.42. The van der Waals surface area contributed by atoms with Crippen molar-refractivity contribution in [3.8, 4) is 0 Å². The molecule has 2 aromatic carbocycles. The van der Waals surface area contributed by atoms with E-state index in [2.05, 4.69) is 10.2 Å². The van der Waals surface area contributed by atoms with E-state index in [0.717, 1.165) is 36.5 Å². The SMILES string of the molecule is O=C(CSc1ccc([N+](=O)[O-])cc1)Nc1cc(Cl)ccc1N1CCCC1. The van der Waals surface area contributed by atoms with E-state index in [-0.39, 0.29) is 17.3 Å². The van der Waals surface area contributed by atoms with Gasteiger partial charge in [-0.1, -0.05) is 11.6 Å². The lowest BCUT2D eigenvalue weighted by Crippen LogP contribution is -2.21. The second-order valence-corrected chi connectivity index (χ2v) is 7.43. The molecule has 0 saturated carbocycles. The molecular weight excluding hydrogens is 374 g/mol. The first-order chi connectivity index (χ1) is 12.5. The number of nitrogens with zero attached hydrogens (tertiary/aromatic N) is 2. The number of hydrogen-bond donors (Lipinski definition) is 1. The molecule has 8 heteroatoms. The number of benzene rings is 2. The summed E-state index contributed by atoms with van der Waals surface area (Å²) in [5.74, 6) is 0.0695. The molecule has 0 aromatic heterocycles. The minimum Gasteiger partial charge on any atom is -0.370 e. The number of amides is 1. The lowest BCUT2D eigenvalue weighted by atomic mass is 10.2. The molecule has 1 aliphatic heterocycles. The predicted octanol–water partition coefficient (Wildman–Crippen LogP) is 4.58. The van der Waals surface area contributed by atoms with Gasteiger partial charge in [0.1, 0.15) is 0 Å². The van der Waals surface area contributed by atoms with Gasteiger partial charge in [-0.15, -0.1) is 11.8 Å². The van der Waals surface area contributed by atoms with Crippen LogP contribution in [0, 0.1) is 10.1 Å². The van der Waals surface area contributed by atoms with Crippen LogP contribution in [0.3, 0.4) is 0 Å². The average molecular weight is 392 g/mol. The Morgan fingerprint density at radius 3 is 2.54 bits per heavy atom. The molecule has 1 aliphatic rings. The van der Waals surface area contributed by atoms with Crippen LogP contribution in [0.25, 0.3) is 0 Å². The van der Waals surface area contributed by atoms with Crippen molar-refractivity contribution >= 4 is 46.3 Å². The summed E-state index contributed by atoms with van der Waals surface area (Å²) in [7, 11) is 0. The minimum atomic E-state index is -0.444. The predicted molar refractivity (Wildman–Crippen MR) is 105 cm³/mol. The number of non-ortho nitro benzene ring substituents is 1. The lowest BCUT2D eigenvalue weighted by Gasteiger charge is -2.21. The Balaban J connectivity index is 1.62. The van der Waals surface area contributed by atoms with Gasteiger partial charge < -0.3 is 10.2 Å². The maximum atomic E-state index is 12.3. The fourth-order valence-corrected chi connectivity index (χ4v) is 3.71. The zero-order valence-corrected chi connectivity index (χ0v) is 15.6. The highest BCUT2D eigenvalue weighted by Crippen LogP contribution is 2.32. The monoisotopic (exact) mass is 391 g/mol. The molecule has 1 fully saturated rings. The molecule has 6 nitrogen and oxygen atoms in total. The third-order valence-electron chi connectivity index (χ3n) is 4.10. The molecule has 0 unspecified atom stereocenters. The summed E-state index contributed by atoms with van der Waals surface area (Å²) in [5.41, 5.74) is 1.74. The highest BCUT2D eigenvalue weighted by Gasteiger charge is 2.17. The van der Waals surface area contributed by atoms with Crippen LogP contribution in [0.2, 0.25) is 5.02 Å². The summed E-state index contributed by atoms with van der Waals surface area (Å²) < 4.78 is 0. The smallest absolute Gasteiger partial charge is 0.269 e. The molecule has 26 heavy (non-hydrogen) atoms. The first kappa shape index (κ1) is 18.5. The molecule has 136 valence electrons. The van der Waals surface area contributed by atoms with Crippen molar-refractivity contribution in [3.05, 3.63) is 57.6 Å². The summed E-state index contributed by atoms with van der Waals surface area (Å²) in [4.78, 5) is 25.6. The van der Waals surface area contributed by atoms with Crippen molar-refractivity contribution in [2.75, 3.05) is 29.1 Å². The van der Waals surface area contributed by atoms with E-state index in [1.54, 1.807) is 18.2 Å². The van der Waals surface area contributed by atoms with Gasteiger partial charge in [-0.05, 0) is 43.2 Å². The maximum absolute atomic E-state index is 12.3. The van der Waals surface area contributed by atoms with Gasteiger partial charge in [0.2, 0.25) is 5.91 Å². The van der Waals surface area contributed by atoms with Gasteiger partial charge in [0.05, 0.1) is 22.1 Å². The molecule has 0 spiro atoms. The van der Waals surface area contributed by atoms with E-state index < -0.39 is 4.92 Å². The van der Waals surface area contributed by atoms with Crippen molar-refractivity contribution in [2.24, 2.45) is 0 Å². The number of anilines is 2. The molecule has 1 amide bonds. The van der Waals surface area contributed by atoms with Crippen LogP contribution >= 0.6 is 23.4 Å². The Bertz CT molecular complexity index is 808. The van der Waals surface area contributed by atoms with Crippen molar-refractivity contribution in [1.29, 1.82) is 0 Å². The van der Waals surface area contributed by atoms with Gasteiger partial charge in [-0.2, -0.15) is 0 Å². The van der Waals surface area contributed by atoms with Gasteiger partial charge in [0.15, 0.2) is 0 Å². The van der Waals surface area contributed by atoms with Gasteiger partial charge in [-0.3, -0.25) is 14.9 Å². The third-order valence-corrected chi connectivity index (χ3v) is 5.34. The Kier molecular flexibility index (Phi) is 6.00. The molecular formula is C18H18ClN3O3S. The zero-order chi connectivity index (χ0) is 18.5. The molecule has 0 bridgehead atoms. The highest BCUT2D eigenvalue weighted by molar-refractivity contribution is 8.00. The second-order valence-electron chi connectivity index (χ2n) is 5.94. The molecule has 1 saturated heterocycles. The van der Waals surface area contributed by atoms with Crippen LogP contribution in [0.4, 0.5) is 17.1 Å². The summed E-state index contributed by atoms with van der Waals surface area (Å²) in [6.07, 6.45) is 2.29. The standard InChI is InChI=1S/C18H18ClN3O3S/c19-13-3-8-17(21-9-1-2-10-21)16(11-13)20-18(23)12-26-15-6-4-14(5-7-15)22(24)25/h3-8,11H,1-2,9-10,12H2,(H,20,23). The topological polar surface area (TPSA) is 75.5 Å². The number of halogens is 1. The quantitative estimate of drug-likeness (QED) is 0.443. The van der Waals surface area contributed by atoms with E-state index in [0.29, 0.717) is 10.7 Å². The molecule has 1 N–H and O–H groups in total. The largest absolute Gasteiger partial charge is 0.370 e. The number of nitro benzene ring substituents is 1. The number of carbonyl (C=O) groups excluding carboxylic acids is 1. The van der Waals surface area contributed by atoms with E-state index in [1.165, 1.54) is 23.9 Å². The van der Waals surface area contributed by atoms with E-state index in [9.17, 15) is 14.9 Å². The van der Waals surface area contributed by atoms with E-state index >= 15 is 0 Å². The number of nitro groups is 1. The second kappa shape index (κ2) is 8.42. The van der Waals surface area contributed by atoms with E-state index in [1.807, 2.05) is 12.1 Å². The first-order valence-corrected chi connectivity index (χ1v) is 9.61. The van der Waals surface area contributed by atoms with Crippen LogP contribution in [-0.2, 0) is 4.79 Å². The normalized spacial score (nSPS) is 13.7. The van der Waals surface area contributed by atoms with Gasteiger partial charge in [-0.25, -0.2) is 0 Å². The van der Waals surface area contributed by atoms with Crippen LogP contribution in [0.5, 0.6) is 0 Å². The van der Waals surface area contributed by atoms with Crippen LogP contribution < -0.4 is 10.2 Å². The molecule has 3 rings (SSSR count). The number of nitrogens with one attached hydrogen (secondary N) is 1. The first-order valence-electron chi connectivity index (χ1n) is 8.24. The Morgan fingerprint density at radius 1 is 1.19 bits per heavy atom. The molecule has 0 atom stereocenters. The van der Waals surface area contributed by atoms with Gasteiger partial charge in [0, 0.05) is 35.1 Å².